The minimum atomic E-state index is 0.463. The average Bonchev–Trinajstić information content (AvgIpc) is 2.24. The standard InChI is InChI=1S/C14H28N2/c1-10-7-12(5-6-14(10)16)8-11-3-2-4-13(15)9-11/h10-14H,2-9,15-16H2,1H3. The highest BCUT2D eigenvalue weighted by molar-refractivity contribution is 4.83. The summed E-state index contributed by atoms with van der Waals surface area (Å²) in [5, 5.41) is 0. The van der Waals surface area contributed by atoms with Crippen molar-refractivity contribution in [3.63, 3.8) is 0 Å². The number of hydrogen-bond donors (Lipinski definition) is 2. The summed E-state index contributed by atoms with van der Waals surface area (Å²) in [6.07, 6.45) is 10.7. The van der Waals surface area contributed by atoms with Gasteiger partial charge in [-0.2, -0.15) is 0 Å². The summed E-state index contributed by atoms with van der Waals surface area (Å²) in [5.74, 6) is 2.58. The molecule has 94 valence electrons. The van der Waals surface area contributed by atoms with E-state index in [2.05, 4.69) is 6.92 Å². The second-order valence-corrected chi connectivity index (χ2v) is 6.35. The van der Waals surface area contributed by atoms with Gasteiger partial charge in [-0.25, -0.2) is 0 Å². The maximum absolute atomic E-state index is 6.08. The molecule has 2 rings (SSSR count). The lowest BCUT2D eigenvalue weighted by molar-refractivity contribution is 0.189. The molecule has 0 aromatic carbocycles. The Bertz CT molecular complexity index is 217. The van der Waals surface area contributed by atoms with Crippen molar-refractivity contribution in [2.45, 2.75) is 70.4 Å². The fourth-order valence-corrected chi connectivity index (χ4v) is 3.76. The molecule has 2 aliphatic rings. The van der Waals surface area contributed by atoms with Gasteiger partial charge < -0.3 is 11.5 Å². The van der Waals surface area contributed by atoms with Crippen LogP contribution in [-0.4, -0.2) is 12.1 Å². The Labute approximate surface area is 100 Å². The van der Waals surface area contributed by atoms with E-state index in [0.717, 1.165) is 17.8 Å². The summed E-state index contributed by atoms with van der Waals surface area (Å²) in [6.45, 7) is 2.32. The van der Waals surface area contributed by atoms with Gasteiger partial charge in [-0.3, -0.25) is 0 Å². The molecule has 4 N–H and O–H groups in total. The van der Waals surface area contributed by atoms with Gasteiger partial charge in [0, 0.05) is 12.1 Å². The van der Waals surface area contributed by atoms with E-state index in [1.165, 1.54) is 51.4 Å². The highest BCUT2D eigenvalue weighted by Gasteiger charge is 2.28. The molecule has 0 spiro atoms. The molecule has 2 fully saturated rings. The molecule has 0 radical (unpaired) electrons. The van der Waals surface area contributed by atoms with Gasteiger partial charge in [-0.05, 0) is 56.3 Å². The van der Waals surface area contributed by atoms with Crippen LogP contribution in [0.5, 0.6) is 0 Å². The molecule has 0 aromatic heterocycles. The van der Waals surface area contributed by atoms with Crippen LogP contribution < -0.4 is 11.5 Å². The molecule has 0 aromatic rings. The highest BCUT2D eigenvalue weighted by Crippen LogP contribution is 2.36. The molecule has 5 atom stereocenters. The van der Waals surface area contributed by atoms with Gasteiger partial charge >= 0.3 is 0 Å². The zero-order valence-electron chi connectivity index (χ0n) is 10.7. The van der Waals surface area contributed by atoms with Crippen molar-refractivity contribution in [3.8, 4) is 0 Å². The Hall–Kier alpha value is -0.0800. The molecule has 0 bridgehead atoms. The maximum Gasteiger partial charge on any atom is 0.00647 e. The summed E-state index contributed by atoms with van der Waals surface area (Å²) in [5.41, 5.74) is 12.1. The van der Waals surface area contributed by atoms with Crippen molar-refractivity contribution in [2.75, 3.05) is 0 Å². The second-order valence-electron chi connectivity index (χ2n) is 6.35. The Balaban J connectivity index is 1.76. The van der Waals surface area contributed by atoms with Crippen LogP contribution >= 0.6 is 0 Å². The summed E-state index contributed by atoms with van der Waals surface area (Å²) >= 11 is 0. The maximum atomic E-state index is 6.08. The minimum absolute atomic E-state index is 0.463. The van der Waals surface area contributed by atoms with Crippen LogP contribution in [0.15, 0.2) is 0 Å². The molecule has 0 aliphatic heterocycles. The number of hydrogen-bond acceptors (Lipinski definition) is 2. The third-order valence-corrected chi connectivity index (χ3v) is 4.83. The molecule has 0 amide bonds. The Kier molecular flexibility index (Phi) is 4.26. The molecule has 16 heavy (non-hydrogen) atoms. The lowest BCUT2D eigenvalue weighted by Gasteiger charge is -2.35. The van der Waals surface area contributed by atoms with E-state index in [1.807, 2.05) is 0 Å². The smallest absolute Gasteiger partial charge is 0.00647 e. The van der Waals surface area contributed by atoms with Crippen LogP contribution in [0.2, 0.25) is 0 Å². The van der Waals surface area contributed by atoms with Crippen LogP contribution in [0.4, 0.5) is 0 Å². The molecule has 0 saturated heterocycles. The van der Waals surface area contributed by atoms with Crippen LogP contribution in [0.25, 0.3) is 0 Å². The predicted octanol–water partition coefficient (Wildman–Crippen LogP) is 2.66. The van der Waals surface area contributed by atoms with Gasteiger partial charge in [0.2, 0.25) is 0 Å². The van der Waals surface area contributed by atoms with Gasteiger partial charge in [-0.15, -0.1) is 0 Å². The zero-order chi connectivity index (χ0) is 11.5. The molecule has 2 heteroatoms. The molecule has 2 nitrogen and oxygen atoms in total. The largest absolute Gasteiger partial charge is 0.328 e. The van der Waals surface area contributed by atoms with Crippen molar-refractivity contribution in [2.24, 2.45) is 29.2 Å². The van der Waals surface area contributed by atoms with Gasteiger partial charge in [0.05, 0.1) is 0 Å². The van der Waals surface area contributed by atoms with E-state index in [0.29, 0.717) is 12.1 Å². The number of nitrogens with two attached hydrogens (primary N) is 2. The Morgan fingerprint density at radius 2 is 1.69 bits per heavy atom. The van der Waals surface area contributed by atoms with Crippen LogP contribution in [-0.2, 0) is 0 Å². The monoisotopic (exact) mass is 224 g/mol. The summed E-state index contributed by atoms with van der Waals surface area (Å²) < 4.78 is 0. The van der Waals surface area contributed by atoms with E-state index < -0.39 is 0 Å². The van der Waals surface area contributed by atoms with Crippen LogP contribution in [0.1, 0.15) is 58.3 Å². The third kappa shape index (κ3) is 3.21. The fourth-order valence-electron chi connectivity index (χ4n) is 3.76. The van der Waals surface area contributed by atoms with E-state index >= 15 is 0 Å². The lowest BCUT2D eigenvalue weighted by atomic mass is 9.73. The summed E-state index contributed by atoms with van der Waals surface area (Å²) in [6, 6.07) is 0.951. The van der Waals surface area contributed by atoms with Crippen molar-refractivity contribution in [1.29, 1.82) is 0 Å². The highest BCUT2D eigenvalue weighted by atomic mass is 14.7. The van der Waals surface area contributed by atoms with E-state index in [9.17, 15) is 0 Å². The van der Waals surface area contributed by atoms with Crippen molar-refractivity contribution < 1.29 is 0 Å². The normalized spacial score (nSPS) is 45.6. The Morgan fingerprint density at radius 1 is 0.938 bits per heavy atom. The minimum Gasteiger partial charge on any atom is -0.328 e. The molecule has 0 heterocycles. The summed E-state index contributed by atoms with van der Waals surface area (Å²) in [7, 11) is 0. The average molecular weight is 224 g/mol. The van der Waals surface area contributed by atoms with E-state index in [4.69, 9.17) is 11.5 Å². The van der Waals surface area contributed by atoms with Gasteiger partial charge in [0.25, 0.3) is 0 Å². The molecular formula is C14H28N2. The first-order valence-electron chi connectivity index (χ1n) is 7.16. The Morgan fingerprint density at radius 3 is 2.38 bits per heavy atom. The first kappa shape index (κ1) is 12.4. The first-order chi connectivity index (χ1) is 7.65. The lowest BCUT2D eigenvalue weighted by Crippen LogP contribution is -2.36. The first-order valence-corrected chi connectivity index (χ1v) is 7.16. The number of rotatable bonds is 2. The van der Waals surface area contributed by atoms with E-state index in [-0.39, 0.29) is 0 Å². The van der Waals surface area contributed by atoms with Crippen molar-refractivity contribution in [1.82, 2.24) is 0 Å². The fraction of sp³-hybridized carbons (Fsp3) is 1.00. The molecule has 2 saturated carbocycles. The van der Waals surface area contributed by atoms with Crippen LogP contribution in [0, 0.1) is 17.8 Å². The van der Waals surface area contributed by atoms with Gasteiger partial charge in [0.15, 0.2) is 0 Å². The molecule has 2 aliphatic carbocycles. The van der Waals surface area contributed by atoms with Crippen LogP contribution in [0.3, 0.4) is 0 Å². The van der Waals surface area contributed by atoms with Gasteiger partial charge in [-0.1, -0.05) is 19.8 Å². The quantitative estimate of drug-likeness (QED) is 0.757. The van der Waals surface area contributed by atoms with Crippen molar-refractivity contribution in [3.05, 3.63) is 0 Å². The van der Waals surface area contributed by atoms with Crippen molar-refractivity contribution >= 4 is 0 Å². The van der Waals surface area contributed by atoms with Gasteiger partial charge in [0.1, 0.15) is 0 Å². The third-order valence-electron chi connectivity index (χ3n) is 4.83. The summed E-state index contributed by atoms with van der Waals surface area (Å²) in [4.78, 5) is 0. The predicted molar refractivity (Wildman–Crippen MR) is 69.0 cm³/mol. The molecule has 5 unspecified atom stereocenters. The zero-order valence-corrected chi connectivity index (χ0v) is 10.7. The second kappa shape index (κ2) is 5.50. The topological polar surface area (TPSA) is 52.0 Å². The van der Waals surface area contributed by atoms with E-state index in [1.54, 1.807) is 0 Å². The molecular weight excluding hydrogens is 196 g/mol. The SMILES string of the molecule is CC1CC(CC2CCCC(N)C2)CCC1N.